The molecular formula is C17H26ClN. The minimum atomic E-state index is 0.646. The SMILES string of the molecule is CC(C)CCC(C)NC1CC(c2cccc(Cl)c2)C1. The molecule has 1 aliphatic carbocycles. The smallest absolute Gasteiger partial charge is 0.0408 e. The maximum Gasteiger partial charge on any atom is 0.0408 e. The van der Waals surface area contributed by atoms with Crippen molar-refractivity contribution in [2.24, 2.45) is 5.92 Å². The lowest BCUT2D eigenvalue weighted by Crippen LogP contribution is -2.44. The van der Waals surface area contributed by atoms with Crippen molar-refractivity contribution in [2.45, 2.75) is 64.5 Å². The van der Waals surface area contributed by atoms with Gasteiger partial charge in [-0.3, -0.25) is 0 Å². The summed E-state index contributed by atoms with van der Waals surface area (Å²) in [5, 5.41) is 4.61. The van der Waals surface area contributed by atoms with E-state index in [0.29, 0.717) is 18.0 Å². The minimum absolute atomic E-state index is 0.646. The van der Waals surface area contributed by atoms with Crippen molar-refractivity contribution in [2.75, 3.05) is 0 Å². The van der Waals surface area contributed by atoms with E-state index in [1.165, 1.54) is 31.2 Å². The summed E-state index contributed by atoms with van der Waals surface area (Å²) >= 11 is 6.05. The molecule has 1 N–H and O–H groups in total. The van der Waals surface area contributed by atoms with Gasteiger partial charge in [0.1, 0.15) is 0 Å². The molecular weight excluding hydrogens is 254 g/mol. The van der Waals surface area contributed by atoms with Gasteiger partial charge in [-0.1, -0.05) is 37.6 Å². The molecule has 1 fully saturated rings. The summed E-state index contributed by atoms with van der Waals surface area (Å²) in [5.74, 6) is 1.51. The van der Waals surface area contributed by atoms with Crippen LogP contribution in [-0.4, -0.2) is 12.1 Å². The second kappa shape index (κ2) is 6.76. The molecule has 1 aliphatic rings. The predicted molar refractivity (Wildman–Crippen MR) is 83.9 cm³/mol. The lowest BCUT2D eigenvalue weighted by molar-refractivity contribution is 0.261. The monoisotopic (exact) mass is 279 g/mol. The largest absolute Gasteiger partial charge is 0.311 e. The van der Waals surface area contributed by atoms with Crippen molar-refractivity contribution >= 4 is 11.6 Å². The lowest BCUT2D eigenvalue weighted by atomic mass is 9.75. The van der Waals surface area contributed by atoms with Crippen LogP contribution in [0.25, 0.3) is 0 Å². The van der Waals surface area contributed by atoms with Crippen LogP contribution in [-0.2, 0) is 0 Å². The van der Waals surface area contributed by atoms with Crippen LogP contribution in [0.4, 0.5) is 0 Å². The second-order valence-electron chi connectivity index (χ2n) is 6.46. The molecule has 0 spiro atoms. The van der Waals surface area contributed by atoms with E-state index >= 15 is 0 Å². The van der Waals surface area contributed by atoms with Crippen molar-refractivity contribution < 1.29 is 0 Å². The molecule has 1 atom stereocenters. The Kier molecular flexibility index (Phi) is 5.29. The predicted octanol–water partition coefficient (Wildman–Crippen LogP) is 5.00. The molecule has 2 rings (SSSR count). The maximum absolute atomic E-state index is 6.05. The summed E-state index contributed by atoms with van der Waals surface area (Å²) in [5.41, 5.74) is 1.40. The molecule has 1 aromatic rings. The van der Waals surface area contributed by atoms with E-state index in [9.17, 15) is 0 Å². The molecule has 0 amide bonds. The summed E-state index contributed by atoms with van der Waals surface area (Å²) in [6.45, 7) is 6.91. The summed E-state index contributed by atoms with van der Waals surface area (Å²) in [6, 6.07) is 9.68. The van der Waals surface area contributed by atoms with Crippen LogP contribution in [0.1, 0.15) is 57.9 Å². The van der Waals surface area contributed by atoms with Crippen LogP contribution in [0.3, 0.4) is 0 Å². The standard InChI is InChI=1S/C17H26ClN/c1-12(2)7-8-13(3)19-17-10-15(11-17)14-5-4-6-16(18)9-14/h4-6,9,12-13,15,17,19H,7-8,10-11H2,1-3H3. The van der Waals surface area contributed by atoms with E-state index in [2.05, 4.69) is 44.3 Å². The van der Waals surface area contributed by atoms with Crippen LogP contribution in [0.15, 0.2) is 24.3 Å². The normalized spacial score (nSPS) is 24.3. The van der Waals surface area contributed by atoms with Gasteiger partial charge in [0.25, 0.3) is 0 Å². The van der Waals surface area contributed by atoms with Gasteiger partial charge in [0.05, 0.1) is 0 Å². The number of nitrogens with one attached hydrogen (secondary N) is 1. The second-order valence-corrected chi connectivity index (χ2v) is 6.90. The Morgan fingerprint density at radius 1 is 1.21 bits per heavy atom. The van der Waals surface area contributed by atoms with E-state index in [0.717, 1.165) is 10.9 Å². The average Bonchev–Trinajstić information content (AvgIpc) is 2.30. The summed E-state index contributed by atoms with van der Waals surface area (Å²) in [7, 11) is 0. The lowest BCUT2D eigenvalue weighted by Gasteiger charge is -2.38. The molecule has 0 bridgehead atoms. The Morgan fingerprint density at radius 3 is 2.58 bits per heavy atom. The quantitative estimate of drug-likeness (QED) is 0.773. The van der Waals surface area contributed by atoms with Gasteiger partial charge in [0.2, 0.25) is 0 Å². The van der Waals surface area contributed by atoms with Crippen LogP contribution < -0.4 is 5.32 Å². The first-order chi connectivity index (χ1) is 9.04. The Bertz CT molecular complexity index is 396. The molecule has 0 heterocycles. The average molecular weight is 280 g/mol. The van der Waals surface area contributed by atoms with E-state index < -0.39 is 0 Å². The van der Waals surface area contributed by atoms with E-state index in [-0.39, 0.29) is 0 Å². The van der Waals surface area contributed by atoms with Gasteiger partial charge >= 0.3 is 0 Å². The Morgan fingerprint density at radius 2 is 1.95 bits per heavy atom. The van der Waals surface area contributed by atoms with E-state index in [1.54, 1.807) is 0 Å². The Hall–Kier alpha value is -0.530. The van der Waals surface area contributed by atoms with Gasteiger partial charge in [-0.2, -0.15) is 0 Å². The molecule has 1 nitrogen and oxygen atoms in total. The van der Waals surface area contributed by atoms with E-state index in [1.807, 2.05) is 6.07 Å². The molecule has 0 saturated heterocycles. The topological polar surface area (TPSA) is 12.0 Å². The molecule has 0 aromatic heterocycles. The first-order valence-corrected chi connectivity index (χ1v) is 7.94. The molecule has 1 unspecified atom stereocenters. The summed E-state index contributed by atoms with van der Waals surface area (Å²) in [6.07, 6.45) is 5.12. The Balaban J connectivity index is 1.71. The molecule has 19 heavy (non-hydrogen) atoms. The zero-order valence-corrected chi connectivity index (χ0v) is 13.1. The van der Waals surface area contributed by atoms with Crippen molar-refractivity contribution in [1.82, 2.24) is 5.32 Å². The molecule has 2 heteroatoms. The fraction of sp³-hybridized carbons (Fsp3) is 0.647. The number of hydrogen-bond donors (Lipinski definition) is 1. The first-order valence-electron chi connectivity index (χ1n) is 7.56. The fourth-order valence-corrected chi connectivity index (χ4v) is 3.05. The van der Waals surface area contributed by atoms with Crippen LogP contribution >= 0.6 is 11.6 Å². The van der Waals surface area contributed by atoms with Crippen molar-refractivity contribution in [3.63, 3.8) is 0 Å². The third-order valence-corrected chi connectivity index (χ3v) is 4.39. The summed E-state index contributed by atoms with van der Waals surface area (Å²) in [4.78, 5) is 0. The first kappa shape index (κ1) is 14.9. The molecule has 0 radical (unpaired) electrons. The number of halogens is 1. The fourth-order valence-electron chi connectivity index (χ4n) is 2.86. The Labute approximate surface area is 122 Å². The van der Waals surface area contributed by atoms with Gasteiger partial charge in [-0.15, -0.1) is 0 Å². The van der Waals surface area contributed by atoms with Crippen LogP contribution in [0, 0.1) is 5.92 Å². The minimum Gasteiger partial charge on any atom is -0.311 e. The summed E-state index contributed by atoms with van der Waals surface area (Å²) < 4.78 is 0. The number of hydrogen-bond acceptors (Lipinski definition) is 1. The molecule has 1 saturated carbocycles. The van der Waals surface area contributed by atoms with Gasteiger partial charge in [-0.05, 0) is 62.1 Å². The van der Waals surface area contributed by atoms with E-state index in [4.69, 9.17) is 11.6 Å². The zero-order valence-electron chi connectivity index (χ0n) is 12.3. The van der Waals surface area contributed by atoms with Crippen molar-refractivity contribution in [3.05, 3.63) is 34.9 Å². The third-order valence-electron chi connectivity index (χ3n) is 4.16. The van der Waals surface area contributed by atoms with Crippen LogP contribution in [0.5, 0.6) is 0 Å². The number of benzene rings is 1. The van der Waals surface area contributed by atoms with Gasteiger partial charge < -0.3 is 5.32 Å². The van der Waals surface area contributed by atoms with Gasteiger partial charge in [0, 0.05) is 17.1 Å². The third kappa shape index (κ3) is 4.50. The highest BCUT2D eigenvalue weighted by molar-refractivity contribution is 6.30. The number of rotatable bonds is 6. The highest BCUT2D eigenvalue weighted by Gasteiger charge is 2.30. The molecule has 1 aromatic carbocycles. The molecule has 106 valence electrons. The zero-order chi connectivity index (χ0) is 13.8. The maximum atomic E-state index is 6.05. The van der Waals surface area contributed by atoms with Gasteiger partial charge in [-0.25, -0.2) is 0 Å². The van der Waals surface area contributed by atoms with Crippen molar-refractivity contribution in [3.8, 4) is 0 Å². The molecule has 0 aliphatic heterocycles. The van der Waals surface area contributed by atoms with Crippen LogP contribution in [0.2, 0.25) is 5.02 Å². The highest BCUT2D eigenvalue weighted by atomic mass is 35.5. The highest BCUT2D eigenvalue weighted by Crippen LogP contribution is 2.37. The van der Waals surface area contributed by atoms with Crippen molar-refractivity contribution in [1.29, 1.82) is 0 Å². The van der Waals surface area contributed by atoms with Gasteiger partial charge in [0.15, 0.2) is 0 Å².